The van der Waals surface area contributed by atoms with Crippen LogP contribution in [0, 0.1) is 0 Å². The fourth-order valence-corrected chi connectivity index (χ4v) is 2.09. The Morgan fingerprint density at radius 3 is 2.41 bits per heavy atom. The molecular weight excluding hydrogens is 280 g/mol. The van der Waals surface area contributed by atoms with Crippen molar-refractivity contribution >= 4 is 11.7 Å². The van der Waals surface area contributed by atoms with Gasteiger partial charge in [-0.15, -0.1) is 0 Å². The van der Waals surface area contributed by atoms with Crippen LogP contribution in [0.25, 0.3) is 0 Å². The average molecular weight is 300 g/mol. The molecule has 1 unspecified atom stereocenters. The minimum Gasteiger partial charge on any atom is -0.497 e. The number of benzene rings is 2. The van der Waals surface area contributed by atoms with Gasteiger partial charge in [0.1, 0.15) is 11.5 Å². The molecule has 0 saturated heterocycles. The summed E-state index contributed by atoms with van der Waals surface area (Å²) >= 11 is 0. The van der Waals surface area contributed by atoms with E-state index in [2.05, 4.69) is 10.6 Å². The van der Waals surface area contributed by atoms with E-state index in [9.17, 15) is 4.79 Å². The highest BCUT2D eigenvalue weighted by Crippen LogP contribution is 2.28. The van der Waals surface area contributed by atoms with Crippen molar-refractivity contribution in [1.29, 1.82) is 0 Å². The quantitative estimate of drug-likeness (QED) is 0.887. The molecule has 116 valence electrons. The first-order valence-corrected chi connectivity index (χ1v) is 6.98. The molecular formula is C17H20N2O3. The molecule has 22 heavy (non-hydrogen) atoms. The van der Waals surface area contributed by atoms with Crippen molar-refractivity contribution < 1.29 is 14.3 Å². The van der Waals surface area contributed by atoms with E-state index in [1.807, 2.05) is 37.3 Å². The van der Waals surface area contributed by atoms with E-state index in [1.165, 1.54) is 0 Å². The van der Waals surface area contributed by atoms with Gasteiger partial charge < -0.3 is 20.1 Å². The Kier molecular flexibility index (Phi) is 5.25. The molecule has 2 aromatic carbocycles. The summed E-state index contributed by atoms with van der Waals surface area (Å²) in [5.41, 5.74) is 1.59. The molecule has 0 bridgehead atoms. The van der Waals surface area contributed by atoms with Crippen LogP contribution in [0.5, 0.6) is 11.5 Å². The lowest BCUT2D eigenvalue weighted by atomic mass is 10.1. The SMILES string of the molecule is COc1ccc(OC)c(NC(=O)NC(C)c2ccccc2)c1. The fraction of sp³-hybridized carbons (Fsp3) is 0.235. The summed E-state index contributed by atoms with van der Waals surface area (Å²) in [6.45, 7) is 1.93. The fourth-order valence-electron chi connectivity index (χ4n) is 2.09. The Morgan fingerprint density at radius 2 is 1.77 bits per heavy atom. The third-order valence-electron chi connectivity index (χ3n) is 3.30. The molecule has 5 heteroatoms. The first-order chi connectivity index (χ1) is 10.6. The van der Waals surface area contributed by atoms with Crippen LogP contribution in [0.3, 0.4) is 0 Å². The number of rotatable bonds is 5. The highest BCUT2D eigenvalue weighted by atomic mass is 16.5. The molecule has 0 aliphatic carbocycles. The highest BCUT2D eigenvalue weighted by molar-refractivity contribution is 5.91. The lowest BCUT2D eigenvalue weighted by Crippen LogP contribution is -2.31. The van der Waals surface area contributed by atoms with E-state index >= 15 is 0 Å². The van der Waals surface area contributed by atoms with Gasteiger partial charge in [-0.3, -0.25) is 0 Å². The zero-order valence-electron chi connectivity index (χ0n) is 12.9. The van der Waals surface area contributed by atoms with E-state index in [0.717, 1.165) is 5.56 Å². The summed E-state index contributed by atoms with van der Waals surface area (Å²) < 4.78 is 10.4. The van der Waals surface area contributed by atoms with Crippen molar-refractivity contribution in [3.05, 3.63) is 54.1 Å². The van der Waals surface area contributed by atoms with E-state index in [-0.39, 0.29) is 12.1 Å². The third kappa shape index (κ3) is 3.91. The van der Waals surface area contributed by atoms with Gasteiger partial charge in [-0.05, 0) is 24.6 Å². The molecule has 0 aliphatic heterocycles. The maximum absolute atomic E-state index is 12.1. The van der Waals surface area contributed by atoms with E-state index < -0.39 is 0 Å². The summed E-state index contributed by atoms with van der Waals surface area (Å²) in [5, 5.41) is 5.67. The summed E-state index contributed by atoms with van der Waals surface area (Å²) in [5.74, 6) is 1.22. The molecule has 5 nitrogen and oxygen atoms in total. The summed E-state index contributed by atoms with van der Waals surface area (Å²) in [7, 11) is 3.13. The van der Waals surface area contributed by atoms with E-state index in [4.69, 9.17) is 9.47 Å². The number of nitrogens with one attached hydrogen (secondary N) is 2. The van der Waals surface area contributed by atoms with Crippen molar-refractivity contribution in [2.24, 2.45) is 0 Å². The van der Waals surface area contributed by atoms with Gasteiger partial charge >= 0.3 is 6.03 Å². The van der Waals surface area contributed by atoms with Crippen LogP contribution < -0.4 is 20.1 Å². The van der Waals surface area contributed by atoms with Crippen LogP contribution in [0.4, 0.5) is 10.5 Å². The second-order valence-corrected chi connectivity index (χ2v) is 4.80. The standard InChI is InChI=1S/C17H20N2O3/c1-12(13-7-5-4-6-8-13)18-17(20)19-15-11-14(21-2)9-10-16(15)22-3/h4-12H,1-3H3,(H2,18,19,20). The molecule has 0 aliphatic rings. The first-order valence-electron chi connectivity index (χ1n) is 6.98. The van der Waals surface area contributed by atoms with Crippen LogP contribution in [0.1, 0.15) is 18.5 Å². The highest BCUT2D eigenvalue weighted by Gasteiger charge is 2.12. The maximum atomic E-state index is 12.1. The second kappa shape index (κ2) is 7.36. The third-order valence-corrected chi connectivity index (χ3v) is 3.30. The molecule has 2 rings (SSSR count). The average Bonchev–Trinajstić information content (AvgIpc) is 2.55. The van der Waals surface area contributed by atoms with Gasteiger partial charge in [-0.25, -0.2) is 4.79 Å². The summed E-state index contributed by atoms with van der Waals surface area (Å²) in [4.78, 5) is 12.1. The number of carbonyl (C=O) groups is 1. The Morgan fingerprint density at radius 1 is 1.05 bits per heavy atom. The van der Waals surface area contributed by atoms with Crippen molar-refractivity contribution in [3.63, 3.8) is 0 Å². The number of hydrogen-bond acceptors (Lipinski definition) is 3. The van der Waals surface area contributed by atoms with Crippen LogP contribution in [-0.4, -0.2) is 20.3 Å². The molecule has 2 amide bonds. The number of urea groups is 1. The Hall–Kier alpha value is -2.69. The lowest BCUT2D eigenvalue weighted by Gasteiger charge is -2.16. The molecule has 0 radical (unpaired) electrons. The monoisotopic (exact) mass is 300 g/mol. The zero-order chi connectivity index (χ0) is 15.9. The molecule has 0 saturated carbocycles. The molecule has 0 aromatic heterocycles. The van der Waals surface area contributed by atoms with Gasteiger partial charge in [0, 0.05) is 6.07 Å². The first kappa shape index (κ1) is 15.7. The number of carbonyl (C=O) groups excluding carboxylic acids is 1. The molecule has 0 spiro atoms. The van der Waals surface area contributed by atoms with Crippen LogP contribution in [0.2, 0.25) is 0 Å². The molecule has 2 N–H and O–H groups in total. The number of amides is 2. The van der Waals surface area contributed by atoms with Crippen LogP contribution >= 0.6 is 0 Å². The maximum Gasteiger partial charge on any atom is 0.319 e. The number of anilines is 1. The van der Waals surface area contributed by atoms with Gasteiger partial charge in [0.05, 0.1) is 25.9 Å². The minimum atomic E-state index is -0.303. The smallest absolute Gasteiger partial charge is 0.319 e. The number of hydrogen-bond donors (Lipinski definition) is 2. The topological polar surface area (TPSA) is 59.6 Å². The Labute approximate surface area is 130 Å². The van der Waals surface area contributed by atoms with Gasteiger partial charge in [-0.1, -0.05) is 30.3 Å². The molecule has 0 fully saturated rings. The lowest BCUT2D eigenvalue weighted by molar-refractivity contribution is 0.249. The van der Waals surface area contributed by atoms with Crippen molar-refractivity contribution in [2.45, 2.75) is 13.0 Å². The predicted octanol–water partition coefficient (Wildman–Crippen LogP) is 3.59. The van der Waals surface area contributed by atoms with Gasteiger partial charge in [-0.2, -0.15) is 0 Å². The normalized spacial score (nSPS) is 11.4. The molecule has 0 heterocycles. The van der Waals surface area contributed by atoms with Crippen LogP contribution in [-0.2, 0) is 0 Å². The van der Waals surface area contributed by atoms with Gasteiger partial charge in [0.15, 0.2) is 0 Å². The van der Waals surface area contributed by atoms with Crippen molar-refractivity contribution in [1.82, 2.24) is 5.32 Å². The number of methoxy groups -OCH3 is 2. The van der Waals surface area contributed by atoms with Gasteiger partial charge in [0.2, 0.25) is 0 Å². The van der Waals surface area contributed by atoms with Crippen molar-refractivity contribution in [2.75, 3.05) is 19.5 Å². The van der Waals surface area contributed by atoms with Crippen LogP contribution in [0.15, 0.2) is 48.5 Å². The zero-order valence-corrected chi connectivity index (χ0v) is 12.9. The van der Waals surface area contributed by atoms with E-state index in [1.54, 1.807) is 32.4 Å². The van der Waals surface area contributed by atoms with Crippen molar-refractivity contribution in [3.8, 4) is 11.5 Å². The second-order valence-electron chi connectivity index (χ2n) is 4.80. The number of ether oxygens (including phenoxy) is 2. The predicted molar refractivity (Wildman–Crippen MR) is 86.6 cm³/mol. The molecule has 2 aromatic rings. The largest absolute Gasteiger partial charge is 0.497 e. The van der Waals surface area contributed by atoms with Gasteiger partial charge in [0.25, 0.3) is 0 Å². The minimum absolute atomic E-state index is 0.0993. The Balaban J connectivity index is 2.05. The Bertz CT molecular complexity index is 629. The van der Waals surface area contributed by atoms with E-state index in [0.29, 0.717) is 17.2 Å². The summed E-state index contributed by atoms with van der Waals surface area (Å²) in [6, 6.07) is 14.6. The summed E-state index contributed by atoms with van der Waals surface area (Å²) in [6.07, 6.45) is 0. The molecule has 1 atom stereocenters.